The molecule has 0 amide bonds. The first kappa shape index (κ1) is 14.6. The minimum absolute atomic E-state index is 0.124. The van der Waals surface area contributed by atoms with E-state index >= 15 is 0 Å². The van der Waals surface area contributed by atoms with Crippen LogP contribution in [-0.2, 0) is 0 Å². The van der Waals surface area contributed by atoms with Crippen LogP contribution in [0.4, 0.5) is 0 Å². The number of aliphatic hydroxyl groups excluding tert-OH is 1. The van der Waals surface area contributed by atoms with Crippen molar-refractivity contribution in [3.8, 4) is 0 Å². The Morgan fingerprint density at radius 2 is 2.06 bits per heavy atom. The van der Waals surface area contributed by atoms with Gasteiger partial charge < -0.3 is 10.4 Å². The molecule has 0 bridgehead atoms. The van der Waals surface area contributed by atoms with Crippen molar-refractivity contribution >= 4 is 34.5 Å². The van der Waals surface area contributed by atoms with Gasteiger partial charge in [-0.15, -0.1) is 11.3 Å². The molecule has 0 spiro atoms. The normalized spacial score (nSPS) is 26.9. The molecule has 0 saturated heterocycles. The molecule has 5 heteroatoms. The highest BCUT2D eigenvalue weighted by Gasteiger charge is 2.24. The van der Waals surface area contributed by atoms with E-state index in [1.165, 1.54) is 24.2 Å². The van der Waals surface area contributed by atoms with E-state index in [0.29, 0.717) is 4.34 Å². The SMILES string of the molecule is CC(NC1CCCCCC1O)c1cc(Cl)sc1Cl. The fraction of sp³-hybridized carbons (Fsp3) is 0.692. The standard InChI is InChI=1S/C13H19Cl2NOS/c1-8(9-7-12(14)18-13(9)15)16-10-5-3-2-4-6-11(10)17/h7-8,10-11,16-17H,2-6H2,1H3. The largest absolute Gasteiger partial charge is 0.392 e. The van der Waals surface area contributed by atoms with Gasteiger partial charge in [0.25, 0.3) is 0 Å². The van der Waals surface area contributed by atoms with Gasteiger partial charge in [0.05, 0.1) is 14.8 Å². The highest BCUT2D eigenvalue weighted by Crippen LogP contribution is 2.35. The third-order valence-electron chi connectivity index (χ3n) is 3.59. The third-order valence-corrected chi connectivity index (χ3v) is 5.11. The van der Waals surface area contributed by atoms with Crippen molar-refractivity contribution < 1.29 is 5.11 Å². The molecule has 3 unspecified atom stereocenters. The van der Waals surface area contributed by atoms with Crippen LogP contribution in [0.15, 0.2) is 6.07 Å². The van der Waals surface area contributed by atoms with Crippen molar-refractivity contribution in [3.05, 3.63) is 20.3 Å². The van der Waals surface area contributed by atoms with E-state index in [4.69, 9.17) is 23.2 Å². The first-order valence-electron chi connectivity index (χ1n) is 6.46. The number of hydrogen-bond acceptors (Lipinski definition) is 3. The number of halogens is 2. The van der Waals surface area contributed by atoms with E-state index in [9.17, 15) is 5.11 Å². The van der Waals surface area contributed by atoms with Crippen LogP contribution in [0.2, 0.25) is 8.67 Å². The molecule has 102 valence electrons. The zero-order valence-corrected chi connectivity index (χ0v) is 12.8. The summed E-state index contributed by atoms with van der Waals surface area (Å²) in [6.07, 6.45) is 5.19. The monoisotopic (exact) mass is 307 g/mol. The summed E-state index contributed by atoms with van der Waals surface area (Å²) in [6, 6.07) is 2.20. The van der Waals surface area contributed by atoms with E-state index in [2.05, 4.69) is 12.2 Å². The molecule has 1 saturated carbocycles. The Morgan fingerprint density at radius 3 is 2.72 bits per heavy atom. The minimum Gasteiger partial charge on any atom is -0.392 e. The molecule has 3 atom stereocenters. The van der Waals surface area contributed by atoms with Crippen LogP contribution < -0.4 is 5.32 Å². The number of rotatable bonds is 3. The van der Waals surface area contributed by atoms with E-state index in [1.54, 1.807) is 0 Å². The Labute approximate surface area is 122 Å². The summed E-state index contributed by atoms with van der Waals surface area (Å²) in [5.41, 5.74) is 1.03. The maximum atomic E-state index is 10.1. The Kier molecular flexibility index (Phi) is 5.34. The molecule has 2 N–H and O–H groups in total. The fourth-order valence-electron chi connectivity index (χ4n) is 2.54. The molecule has 0 aliphatic heterocycles. The van der Waals surface area contributed by atoms with Crippen molar-refractivity contribution in [2.75, 3.05) is 0 Å². The van der Waals surface area contributed by atoms with Gasteiger partial charge in [-0.05, 0) is 31.4 Å². The number of aliphatic hydroxyl groups is 1. The van der Waals surface area contributed by atoms with Crippen LogP contribution in [-0.4, -0.2) is 17.3 Å². The molecule has 1 aromatic rings. The predicted molar refractivity (Wildman–Crippen MR) is 78.8 cm³/mol. The van der Waals surface area contributed by atoms with Gasteiger partial charge in [0, 0.05) is 12.1 Å². The second-order valence-corrected chi connectivity index (χ2v) is 7.27. The summed E-state index contributed by atoms with van der Waals surface area (Å²) in [7, 11) is 0. The molecule has 1 fully saturated rings. The Morgan fingerprint density at radius 1 is 1.33 bits per heavy atom. The molecule has 2 nitrogen and oxygen atoms in total. The summed E-state index contributed by atoms with van der Waals surface area (Å²) in [5.74, 6) is 0. The number of hydrogen-bond donors (Lipinski definition) is 2. The lowest BCUT2D eigenvalue weighted by Gasteiger charge is -2.26. The molecule has 1 aliphatic rings. The van der Waals surface area contributed by atoms with Crippen molar-refractivity contribution in [1.82, 2.24) is 5.32 Å². The Hall–Kier alpha value is 0.200. The molecule has 0 aromatic carbocycles. The first-order valence-corrected chi connectivity index (χ1v) is 8.04. The van der Waals surface area contributed by atoms with Gasteiger partial charge in [0.15, 0.2) is 0 Å². The average Bonchev–Trinajstić information content (AvgIpc) is 2.52. The second-order valence-electron chi connectivity index (χ2n) is 4.98. The fourth-order valence-corrected chi connectivity index (χ4v) is 4.19. The molecule has 1 aromatic heterocycles. The minimum atomic E-state index is -0.247. The van der Waals surface area contributed by atoms with Crippen LogP contribution in [0.5, 0.6) is 0 Å². The summed E-state index contributed by atoms with van der Waals surface area (Å²) >= 11 is 13.5. The maximum absolute atomic E-state index is 10.1. The van der Waals surface area contributed by atoms with Crippen LogP contribution in [0.1, 0.15) is 50.6 Å². The molecule has 1 heterocycles. The number of nitrogens with one attached hydrogen (secondary N) is 1. The highest BCUT2D eigenvalue weighted by molar-refractivity contribution is 7.20. The number of thiophene rings is 1. The zero-order chi connectivity index (χ0) is 13.1. The van der Waals surface area contributed by atoms with Gasteiger partial charge in [-0.3, -0.25) is 0 Å². The zero-order valence-electron chi connectivity index (χ0n) is 10.5. The van der Waals surface area contributed by atoms with Gasteiger partial charge in [-0.25, -0.2) is 0 Å². The lowest BCUT2D eigenvalue weighted by atomic mass is 10.0. The lowest BCUT2D eigenvalue weighted by molar-refractivity contribution is 0.115. The summed E-state index contributed by atoms with van der Waals surface area (Å²) < 4.78 is 1.45. The van der Waals surface area contributed by atoms with E-state index in [0.717, 1.165) is 29.2 Å². The van der Waals surface area contributed by atoms with Crippen LogP contribution in [0.25, 0.3) is 0 Å². The Bertz CT molecular complexity index is 396. The third kappa shape index (κ3) is 3.61. The van der Waals surface area contributed by atoms with Crippen molar-refractivity contribution in [2.24, 2.45) is 0 Å². The van der Waals surface area contributed by atoms with Crippen LogP contribution in [0.3, 0.4) is 0 Å². The van der Waals surface area contributed by atoms with Crippen molar-refractivity contribution in [1.29, 1.82) is 0 Å². The molecule has 2 rings (SSSR count). The van der Waals surface area contributed by atoms with Gasteiger partial charge in [-0.2, -0.15) is 0 Å². The van der Waals surface area contributed by atoms with E-state index in [-0.39, 0.29) is 18.2 Å². The molecular weight excluding hydrogens is 289 g/mol. The van der Waals surface area contributed by atoms with Gasteiger partial charge >= 0.3 is 0 Å². The van der Waals surface area contributed by atoms with Gasteiger partial charge in [0.1, 0.15) is 0 Å². The predicted octanol–water partition coefficient (Wildman–Crippen LogP) is 4.40. The summed E-state index contributed by atoms with van der Waals surface area (Å²) in [6.45, 7) is 2.07. The summed E-state index contributed by atoms with van der Waals surface area (Å²) in [4.78, 5) is 0. The first-order chi connectivity index (χ1) is 8.58. The van der Waals surface area contributed by atoms with Gasteiger partial charge in [0.2, 0.25) is 0 Å². The van der Waals surface area contributed by atoms with Crippen molar-refractivity contribution in [2.45, 2.75) is 57.2 Å². The summed E-state index contributed by atoms with van der Waals surface area (Å²) in [5, 5.41) is 13.6. The van der Waals surface area contributed by atoms with E-state index in [1.807, 2.05) is 6.07 Å². The topological polar surface area (TPSA) is 32.3 Å². The van der Waals surface area contributed by atoms with Crippen LogP contribution >= 0.6 is 34.5 Å². The van der Waals surface area contributed by atoms with E-state index < -0.39 is 0 Å². The quantitative estimate of drug-likeness (QED) is 0.811. The molecule has 18 heavy (non-hydrogen) atoms. The smallest absolute Gasteiger partial charge is 0.0991 e. The maximum Gasteiger partial charge on any atom is 0.0991 e. The van der Waals surface area contributed by atoms with Gasteiger partial charge in [-0.1, -0.05) is 42.5 Å². The molecule has 0 radical (unpaired) electrons. The average molecular weight is 308 g/mol. The lowest BCUT2D eigenvalue weighted by Crippen LogP contribution is -2.40. The second kappa shape index (κ2) is 6.58. The Balaban J connectivity index is 2.01. The van der Waals surface area contributed by atoms with Crippen molar-refractivity contribution in [3.63, 3.8) is 0 Å². The van der Waals surface area contributed by atoms with Crippen LogP contribution in [0, 0.1) is 0 Å². The molecular formula is C13H19Cl2NOS. The highest BCUT2D eigenvalue weighted by atomic mass is 35.5. The molecule has 1 aliphatic carbocycles.